The quantitative estimate of drug-likeness (QED) is 0.0686. The lowest BCUT2D eigenvalue weighted by molar-refractivity contribution is -0.145. The van der Waals surface area contributed by atoms with Gasteiger partial charge in [0.1, 0.15) is 13.2 Å². The van der Waals surface area contributed by atoms with E-state index < -0.39 is 36.6 Å². The Kier molecular flexibility index (Phi) is 14.2. The summed E-state index contributed by atoms with van der Waals surface area (Å²) in [6.07, 6.45) is 0.258. The summed E-state index contributed by atoms with van der Waals surface area (Å²) < 4.78 is 38.8. The number of halogens is 2. The van der Waals surface area contributed by atoms with Gasteiger partial charge in [0, 0.05) is 77.9 Å². The minimum Gasteiger partial charge on any atom is -0.461 e. The van der Waals surface area contributed by atoms with Crippen molar-refractivity contribution >= 4 is 116 Å². The Morgan fingerprint density at radius 1 is 0.471 bits per heavy atom. The third-order valence-corrected chi connectivity index (χ3v) is 16.2. The van der Waals surface area contributed by atoms with Crippen molar-refractivity contribution in [1.82, 2.24) is 0 Å². The van der Waals surface area contributed by atoms with Crippen molar-refractivity contribution in [3.05, 3.63) is 141 Å². The Morgan fingerprint density at radius 2 is 0.771 bits per heavy atom. The zero-order valence-corrected chi connectivity index (χ0v) is 44.0. The summed E-state index contributed by atoms with van der Waals surface area (Å²) in [6.45, 7) is 16.0. The minimum absolute atomic E-state index is 0.129. The van der Waals surface area contributed by atoms with Crippen LogP contribution in [0.4, 0.5) is 22.7 Å². The van der Waals surface area contributed by atoms with Crippen LogP contribution >= 0.6 is 31.9 Å². The summed E-state index contributed by atoms with van der Waals surface area (Å²) in [4.78, 5) is 26.2. The van der Waals surface area contributed by atoms with E-state index in [2.05, 4.69) is 101 Å². The Hall–Kier alpha value is -4.96. The predicted molar refractivity (Wildman–Crippen MR) is 291 cm³/mol. The van der Waals surface area contributed by atoms with Crippen LogP contribution in [0.5, 0.6) is 0 Å². The molecule has 70 heavy (non-hydrogen) atoms. The van der Waals surface area contributed by atoms with E-state index >= 15 is 0 Å². The fraction of sp³-hybridized carbons (Fsp3) is 0.346. The normalized spacial score (nSPS) is 18.7. The first-order valence-electron chi connectivity index (χ1n) is 23.9. The molecule has 0 aromatic heterocycles. The van der Waals surface area contributed by atoms with Crippen LogP contribution in [0.3, 0.4) is 0 Å². The first-order chi connectivity index (χ1) is 33.3. The first-order valence-corrected chi connectivity index (χ1v) is 25.5. The number of hydrogen-bond acceptors (Lipinski definition) is 12. The van der Waals surface area contributed by atoms with E-state index in [0.717, 1.165) is 64.4 Å². The molecular formula is C52H58B4Br2N4O8. The Bertz CT molecular complexity index is 2620. The third kappa shape index (κ3) is 10.4. The average Bonchev–Trinajstić information content (AvgIpc) is 3.68. The van der Waals surface area contributed by atoms with Gasteiger partial charge in [-0.1, -0.05) is 117 Å². The Balaban J connectivity index is 0.000000174. The molecule has 0 radical (unpaired) electrons. The van der Waals surface area contributed by atoms with Crippen LogP contribution in [0.1, 0.15) is 79.4 Å². The molecule has 2 saturated heterocycles. The van der Waals surface area contributed by atoms with Crippen molar-refractivity contribution in [1.29, 1.82) is 0 Å². The summed E-state index contributed by atoms with van der Waals surface area (Å²) in [6, 6.07) is 40.2. The van der Waals surface area contributed by atoms with E-state index in [1.807, 2.05) is 128 Å². The molecule has 0 bridgehead atoms. The maximum absolute atomic E-state index is 13.1. The highest BCUT2D eigenvalue weighted by Crippen LogP contribution is 2.46. The van der Waals surface area contributed by atoms with Crippen molar-refractivity contribution in [3.63, 3.8) is 0 Å². The highest BCUT2D eigenvalue weighted by atomic mass is 79.9. The lowest BCUT2D eigenvalue weighted by atomic mass is 9.44. The second kappa shape index (κ2) is 19.9. The molecule has 18 heteroatoms. The fourth-order valence-electron chi connectivity index (χ4n) is 9.25. The van der Waals surface area contributed by atoms with Crippen molar-refractivity contribution in [2.45, 2.75) is 115 Å². The van der Waals surface area contributed by atoms with Gasteiger partial charge < -0.3 is 49.0 Å². The summed E-state index contributed by atoms with van der Waals surface area (Å²) >= 11 is 7.03. The van der Waals surface area contributed by atoms with Gasteiger partial charge in [-0.3, -0.25) is 9.59 Å². The number of esters is 2. The summed E-state index contributed by atoms with van der Waals surface area (Å²) in [5, 5.41) is 19.0. The topological polar surface area (TPSA) is 138 Å². The number of carbonyl (C=O) groups excluding carboxylic acids is 2. The van der Waals surface area contributed by atoms with Crippen LogP contribution in [0.2, 0.25) is 11.4 Å². The smallest absolute Gasteiger partial charge is 0.458 e. The molecule has 2 atom stereocenters. The maximum Gasteiger partial charge on any atom is 0.458 e. The molecule has 6 aromatic rings. The molecule has 4 aliphatic heterocycles. The molecule has 6 aromatic carbocycles. The number of hydrogen-bond donors (Lipinski definition) is 4. The van der Waals surface area contributed by atoms with Crippen LogP contribution in [0, 0.1) is 0 Å². The van der Waals surface area contributed by atoms with Gasteiger partial charge in [0.05, 0.1) is 22.4 Å². The zero-order chi connectivity index (χ0) is 49.6. The third-order valence-electron chi connectivity index (χ3n) is 14.6. The van der Waals surface area contributed by atoms with Gasteiger partial charge in [-0.25, -0.2) is 0 Å². The molecule has 0 saturated carbocycles. The zero-order valence-electron chi connectivity index (χ0n) is 40.9. The highest BCUT2D eigenvalue weighted by Gasteiger charge is 2.58. The fourth-order valence-corrected chi connectivity index (χ4v) is 10.1. The molecule has 4 heterocycles. The molecule has 0 unspecified atom stereocenters. The molecule has 360 valence electrons. The van der Waals surface area contributed by atoms with Gasteiger partial charge in [0.25, 0.3) is 0 Å². The van der Waals surface area contributed by atoms with Crippen molar-refractivity contribution in [2.24, 2.45) is 0 Å². The van der Waals surface area contributed by atoms with Crippen molar-refractivity contribution in [2.75, 3.05) is 20.9 Å². The van der Waals surface area contributed by atoms with E-state index in [1.165, 1.54) is 0 Å². The van der Waals surface area contributed by atoms with Crippen LogP contribution in [-0.4, -0.2) is 62.5 Å². The number of rotatable bonds is 12. The van der Waals surface area contributed by atoms with Crippen molar-refractivity contribution in [3.8, 4) is 0 Å². The Morgan fingerprint density at radius 3 is 1.07 bits per heavy atom. The number of benzene rings is 6. The molecule has 0 aliphatic carbocycles. The first kappa shape index (κ1) is 50.0. The predicted octanol–water partition coefficient (Wildman–Crippen LogP) is 12.1. The molecule has 0 amide bonds. The van der Waals surface area contributed by atoms with Crippen LogP contribution in [-0.2, 0) is 50.9 Å². The van der Waals surface area contributed by atoms with Gasteiger partial charge in [-0.05, 0) is 103 Å². The SMILES string of the molecule is CC1(C)OB([C@H](CC(=O)OCc2ccccc2Br)B2Nc3cccc4cccc(c34)N2)OC1(C)C.CC1(C)OB([C@H](CC(=O)OCc2ccccc2Br)B2Nc3cccc4cccc(c34)N2)OC1(C)C. The monoisotopic (exact) mass is 1070 g/mol. The van der Waals surface area contributed by atoms with Gasteiger partial charge >= 0.3 is 40.1 Å². The largest absolute Gasteiger partial charge is 0.461 e. The van der Waals surface area contributed by atoms with Gasteiger partial charge in [-0.2, -0.15) is 0 Å². The molecule has 0 spiro atoms. The molecule has 2 fully saturated rings. The van der Waals surface area contributed by atoms with E-state index in [9.17, 15) is 9.59 Å². The summed E-state index contributed by atoms with van der Waals surface area (Å²) in [5.41, 5.74) is 3.18. The van der Waals surface area contributed by atoms with E-state index in [0.29, 0.717) is 0 Å². The lowest BCUT2D eigenvalue weighted by Gasteiger charge is -2.32. The second-order valence-electron chi connectivity index (χ2n) is 20.4. The van der Waals surface area contributed by atoms with Crippen LogP contribution in [0.15, 0.2) is 130 Å². The maximum atomic E-state index is 13.1. The lowest BCUT2D eigenvalue weighted by Crippen LogP contribution is -2.49. The molecule has 4 N–H and O–H groups in total. The average molecular weight is 1070 g/mol. The molecular weight excluding hydrogens is 1010 g/mol. The summed E-state index contributed by atoms with van der Waals surface area (Å²) in [7, 11) is -1.18. The Labute approximate surface area is 429 Å². The van der Waals surface area contributed by atoms with Crippen LogP contribution < -0.4 is 20.9 Å². The highest BCUT2D eigenvalue weighted by molar-refractivity contribution is 9.10. The van der Waals surface area contributed by atoms with Crippen LogP contribution in [0.25, 0.3) is 21.5 Å². The number of ether oxygens (including phenoxy) is 2. The van der Waals surface area contributed by atoms with Crippen molar-refractivity contribution < 1.29 is 37.7 Å². The molecule has 4 aliphatic rings. The van der Waals surface area contributed by atoms with E-state index in [4.69, 9.17) is 28.1 Å². The van der Waals surface area contributed by atoms with Gasteiger partial charge in [0.15, 0.2) is 0 Å². The van der Waals surface area contributed by atoms with E-state index in [1.54, 1.807) is 0 Å². The van der Waals surface area contributed by atoms with E-state index in [-0.39, 0.29) is 63.4 Å². The minimum atomic E-state index is -0.592. The number of carbonyl (C=O) groups is 2. The summed E-state index contributed by atoms with van der Waals surface area (Å²) in [5.74, 6) is -0.609. The molecule has 10 rings (SSSR count). The molecule has 12 nitrogen and oxygen atoms in total. The number of anilines is 4. The van der Waals surface area contributed by atoms with Gasteiger partial charge in [-0.15, -0.1) is 0 Å². The van der Waals surface area contributed by atoms with Gasteiger partial charge in [0.2, 0.25) is 0 Å². The number of nitrogens with one attached hydrogen (secondary N) is 4. The standard InChI is InChI=1S/2C26H29B2BrN2O4/c2*1-25(2)26(3,4)35-28(34-25)22(15-23(32)33-16-18-9-5-6-12-19(18)29)27-30-20-13-7-10-17-11-8-14-21(31-27)24(17)20/h2*5-14,22,30-31H,15-16H2,1-4H3/t2*22-/m11/s1. The second-order valence-corrected chi connectivity index (χ2v) is 22.1.